The fraction of sp³-hybridized carbons (Fsp3) is 0.944. The number of nitrogens with zero attached hydrogens (tertiary/aromatic N) is 2. The molecule has 3 nitrogen and oxygen atoms in total. The van der Waals surface area contributed by atoms with Crippen molar-refractivity contribution in [3.8, 4) is 6.07 Å². The molecule has 0 heterocycles. The topological polar surface area (TPSA) is 39.1 Å². The summed E-state index contributed by atoms with van der Waals surface area (Å²) in [6.07, 6.45) is 11.5. The molecule has 1 fully saturated rings. The van der Waals surface area contributed by atoms with Gasteiger partial charge in [0.25, 0.3) is 0 Å². The molecular weight excluding hydrogens is 258 g/mol. The molecule has 1 N–H and O–H groups in total. The molecule has 0 spiro atoms. The molecule has 0 aromatic rings. The average molecular weight is 293 g/mol. The van der Waals surface area contributed by atoms with Crippen LogP contribution < -0.4 is 5.32 Å². The molecule has 1 aliphatic rings. The third-order valence-electron chi connectivity index (χ3n) is 4.77. The van der Waals surface area contributed by atoms with E-state index in [2.05, 4.69) is 30.3 Å². The maximum Gasteiger partial charge on any atom is 0.103 e. The monoisotopic (exact) mass is 293 g/mol. The number of hydrogen-bond acceptors (Lipinski definition) is 3. The van der Waals surface area contributed by atoms with Crippen LogP contribution in [0, 0.1) is 17.2 Å². The van der Waals surface area contributed by atoms with Gasteiger partial charge in [0, 0.05) is 6.54 Å². The van der Waals surface area contributed by atoms with Crippen molar-refractivity contribution >= 4 is 0 Å². The second-order valence-corrected chi connectivity index (χ2v) is 7.09. The van der Waals surface area contributed by atoms with Gasteiger partial charge in [-0.05, 0) is 71.5 Å². The van der Waals surface area contributed by atoms with Crippen molar-refractivity contribution in [2.24, 2.45) is 5.92 Å². The lowest BCUT2D eigenvalue weighted by molar-refractivity contribution is 0.228. The Morgan fingerprint density at radius 2 is 1.95 bits per heavy atom. The number of rotatable bonds is 10. The van der Waals surface area contributed by atoms with Gasteiger partial charge < -0.3 is 4.90 Å². The number of unbranched alkanes of at least 4 members (excludes halogenated alkanes) is 1. The minimum atomic E-state index is -0.335. The molecule has 21 heavy (non-hydrogen) atoms. The summed E-state index contributed by atoms with van der Waals surface area (Å²) in [4.78, 5) is 2.50. The summed E-state index contributed by atoms with van der Waals surface area (Å²) in [7, 11) is 2.26. The maximum absolute atomic E-state index is 9.31. The number of nitrogens with one attached hydrogen (secondary N) is 1. The minimum Gasteiger partial charge on any atom is -0.306 e. The first-order valence-corrected chi connectivity index (χ1v) is 8.94. The Labute approximate surface area is 132 Å². The van der Waals surface area contributed by atoms with Gasteiger partial charge in [-0.15, -0.1) is 0 Å². The fourth-order valence-corrected chi connectivity index (χ4v) is 3.35. The van der Waals surface area contributed by atoms with Gasteiger partial charge in [0.15, 0.2) is 0 Å². The molecule has 0 saturated heterocycles. The summed E-state index contributed by atoms with van der Waals surface area (Å²) >= 11 is 0. The molecule has 0 aromatic carbocycles. The highest BCUT2D eigenvalue weighted by molar-refractivity contribution is 5.03. The Hall–Kier alpha value is -0.590. The quantitative estimate of drug-likeness (QED) is 0.620. The van der Waals surface area contributed by atoms with E-state index in [9.17, 15) is 5.26 Å². The molecule has 122 valence electrons. The van der Waals surface area contributed by atoms with Crippen LogP contribution in [0.4, 0.5) is 0 Å². The Bertz CT molecular complexity index is 304. The molecule has 0 bridgehead atoms. The van der Waals surface area contributed by atoms with Crippen molar-refractivity contribution in [1.29, 1.82) is 5.26 Å². The van der Waals surface area contributed by atoms with Gasteiger partial charge in [0.2, 0.25) is 0 Å². The predicted octanol–water partition coefficient (Wildman–Crippen LogP) is 3.95. The fourth-order valence-electron chi connectivity index (χ4n) is 3.35. The Morgan fingerprint density at radius 3 is 2.57 bits per heavy atom. The number of hydrogen-bond donors (Lipinski definition) is 1. The van der Waals surface area contributed by atoms with E-state index in [1.807, 2.05) is 6.92 Å². The second kappa shape index (κ2) is 10.2. The van der Waals surface area contributed by atoms with Crippen LogP contribution in [-0.4, -0.2) is 37.1 Å². The van der Waals surface area contributed by atoms with E-state index >= 15 is 0 Å². The van der Waals surface area contributed by atoms with Crippen molar-refractivity contribution in [2.75, 3.05) is 26.7 Å². The van der Waals surface area contributed by atoms with Crippen molar-refractivity contribution in [3.05, 3.63) is 0 Å². The van der Waals surface area contributed by atoms with Crippen LogP contribution in [0.5, 0.6) is 0 Å². The summed E-state index contributed by atoms with van der Waals surface area (Å²) in [6.45, 7) is 7.56. The van der Waals surface area contributed by atoms with E-state index in [0.29, 0.717) is 0 Å². The highest BCUT2D eigenvalue weighted by Gasteiger charge is 2.22. The van der Waals surface area contributed by atoms with E-state index < -0.39 is 0 Å². The van der Waals surface area contributed by atoms with Crippen LogP contribution >= 0.6 is 0 Å². The van der Waals surface area contributed by atoms with Gasteiger partial charge in [-0.1, -0.05) is 26.2 Å². The summed E-state index contributed by atoms with van der Waals surface area (Å²) in [5, 5.41) is 12.7. The van der Waals surface area contributed by atoms with E-state index in [1.54, 1.807) is 0 Å². The average Bonchev–Trinajstić information content (AvgIpc) is 2.50. The van der Waals surface area contributed by atoms with Crippen LogP contribution in [0.3, 0.4) is 0 Å². The van der Waals surface area contributed by atoms with Crippen molar-refractivity contribution in [2.45, 2.75) is 77.2 Å². The highest BCUT2D eigenvalue weighted by Crippen LogP contribution is 2.24. The largest absolute Gasteiger partial charge is 0.306 e. The highest BCUT2D eigenvalue weighted by atomic mass is 15.1. The molecular formula is C18H35N3. The lowest BCUT2D eigenvalue weighted by atomic mass is 9.89. The van der Waals surface area contributed by atoms with Crippen molar-refractivity contribution in [1.82, 2.24) is 10.2 Å². The Kier molecular flexibility index (Phi) is 8.96. The minimum absolute atomic E-state index is 0.335. The van der Waals surface area contributed by atoms with Crippen LogP contribution in [0.15, 0.2) is 0 Å². The molecule has 1 aliphatic carbocycles. The predicted molar refractivity (Wildman–Crippen MR) is 90.2 cm³/mol. The zero-order valence-electron chi connectivity index (χ0n) is 14.5. The molecule has 0 aromatic heterocycles. The molecule has 1 unspecified atom stereocenters. The Balaban J connectivity index is 2.12. The van der Waals surface area contributed by atoms with Crippen molar-refractivity contribution < 1.29 is 0 Å². The van der Waals surface area contributed by atoms with Crippen LogP contribution in [0.2, 0.25) is 0 Å². The van der Waals surface area contributed by atoms with Gasteiger partial charge in [-0.3, -0.25) is 5.32 Å². The van der Waals surface area contributed by atoms with Gasteiger partial charge in [0.1, 0.15) is 5.54 Å². The zero-order chi connectivity index (χ0) is 15.6. The van der Waals surface area contributed by atoms with E-state index in [-0.39, 0.29) is 5.54 Å². The molecule has 1 atom stereocenters. The van der Waals surface area contributed by atoms with E-state index in [0.717, 1.165) is 31.7 Å². The first-order valence-electron chi connectivity index (χ1n) is 8.94. The van der Waals surface area contributed by atoms with Crippen molar-refractivity contribution in [3.63, 3.8) is 0 Å². The van der Waals surface area contributed by atoms with Gasteiger partial charge >= 0.3 is 0 Å². The van der Waals surface area contributed by atoms with Crippen LogP contribution in [-0.2, 0) is 0 Å². The number of nitriles is 1. The second-order valence-electron chi connectivity index (χ2n) is 7.09. The third kappa shape index (κ3) is 7.83. The molecule has 0 aliphatic heterocycles. The van der Waals surface area contributed by atoms with Gasteiger partial charge in [-0.25, -0.2) is 0 Å². The third-order valence-corrected chi connectivity index (χ3v) is 4.77. The smallest absolute Gasteiger partial charge is 0.103 e. The summed E-state index contributed by atoms with van der Waals surface area (Å²) in [5.74, 6) is 0.930. The molecule has 0 amide bonds. The normalized spacial score (nSPS) is 19.4. The van der Waals surface area contributed by atoms with E-state index in [4.69, 9.17) is 0 Å². The molecule has 1 rings (SSSR count). The first kappa shape index (κ1) is 18.5. The standard InChI is InChI=1S/C18H35N3/c1-4-13-20-18(2,16-19)12-8-9-14-21(3)15-17-10-6-5-7-11-17/h17,20H,4-15H2,1-3H3. The van der Waals surface area contributed by atoms with Crippen LogP contribution in [0.25, 0.3) is 0 Å². The SMILES string of the molecule is CCCNC(C)(C#N)CCCCN(C)CC1CCCCC1. The maximum atomic E-state index is 9.31. The van der Waals surface area contributed by atoms with E-state index in [1.165, 1.54) is 51.6 Å². The lowest BCUT2D eigenvalue weighted by Crippen LogP contribution is -2.41. The molecule has 3 heteroatoms. The van der Waals surface area contributed by atoms with Crippen LogP contribution in [0.1, 0.15) is 71.6 Å². The van der Waals surface area contributed by atoms with Gasteiger partial charge in [0.05, 0.1) is 6.07 Å². The van der Waals surface area contributed by atoms with Gasteiger partial charge in [-0.2, -0.15) is 5.26 Å². The Morgan fingerprint density at radius 1 is 1.24 bits per heavy atom. The molecule has 0 radical (unpaired) electrons. The summed E-state index contributed by atoms with van der Waals surface area (Å²) in [5.41, 5.74) is -0.335. The first-order chi connectivity index (χ1) is 10.1. The lowest BCUT2D eigenvalue weighted by Gasteiger charge is -2.27. The summed E-state index contributed by atoms with van der Waals surface area (Å²) in [6, 6.07) is 2.44. The molecule has 1 saturated carbocycles. The summed E-state index contributed by atoms with van der Waals surface area (Å²) < 4.78 is 0. The zero-order valence-corrected chi connectivity index (χ0v) is 14.5.